The van der Waals surface area contributed by atoms with E-state index in [4.69, 9.17) is 37.9 Å². The second-order valence-electron chi connectivity index (χ2n) is 9.17. The van der Waals surface area contributed by atoms with Gasteiger partial charge in [0.1, 0.15) is 13.2 Å². The minimum absolute atomic E-state index is 0.419. The van der Waals surface area contributed by atoms with E-state index in [2.05, 4.69) is 0 Å². The Balaban J connectivity index is 1.13. The van der Waals surface area contributed by atoms with Gasteiger partial charge >= 0.3 is 0 Å². The maximum atomic E-state index is 5.91. The molecule has 0 radical (unpaired) electrons. The molecule has 0 aliphatic heterocycles. The summed E-state index contributed by atoms with van der Waals surface area (Å²) in [5, 5.41) is 0. The Kier molecular flexibility index (Phi) is 17.2. The van der Waals surface area contributed by atoms with Crippen molar-refractivity contribution in [1.82, 2.24) is 0 Å². The molecule has 0 aromatic heterocycles. The Morgan fingerprint density at radius 1 is 0.390 bits per heavy atom. The van der Waals surface area contributed by atoms with Crippen LogP contribution in [0.5, 0.6) is 11.5 Å². The normalized spacial score (nSPS) is 11.0. The van der Waals surface area contributed by atoms with Crippen molar-refractivity contribution in [2.24, 2.45) is 0 Å². The van der Waals surface area contributed by atoms with Crippen molar-refractivity contribution in [3.8, 4) is 11.5 Å². The molecule has 0 unspecified atom stereocenters. The highest BCUT2D eigenvalue weighted by Crippen LogP contribution is 2.28. The van der Waals surface area contributed by atoms with Gasteiger partial charge in [-0.2, -0.15) is 0 Å². The van der Waals surface area contributed by atoms with Crippen molar-refractivity contribution >= 4 is 0 Å². The fourth-order valence-electron chi connectivity index (χ4n) is 3.68. The molecule has 0 bridgehead atoms. The molecule has 3 aromatic rings. The lowest BCUT2D eigenvalue weighted by molar-refractivity contribution is 0.00460. The van der Waals surface area contributed by atoms with E-state index in [1.165, 1.54) is 0 Å². The third kappa shape index (κ3) is 15.6. The standard InChI is InChI=1S/C33H44O8/c1-29-12-13-32(40-24-22-36-16-14-34-18-20-38-27-30-8-4-2-5-9-30)33(26-29)41-25-23-37-17-15-35-19-21-39-28-31-10-6-3-7-11-31/h2-13,26H,14-25,27-28H2,1H3. The third-order valence-electron chi connectivity index (χ3n) is 5.78. The van der Waals surface area contributed by atoms with E-state index >= 15 is 0 Å². The molecule has 3 rings (SSSR count). The van der Waals surface area contributed by atoms with Crippen LogP contribution in [0.4, 0.5) is 0 Å². The van der Waals surface area contributed by atoms with E-state index in [9.17, 15) is 0 Å². The molecule has 0 saturated heterocycles. The van der Waals surface area contributed by atoms with Gasteiger partial charge in [-0.25, -0.2) is 0 Å². The van der Waals surface area contributed by atoms with Gasteiger partial charge < -0.3 is 37.9 Å². The number of hydrogen-bond donors (Lipinski definition) is 0. The van der Waals surface area contributed by atoms with Crippen molar-refractivity contribution < 1.29 is 37.9 Å². The van der Waals surface area contributed by atoms with Crippen LogP contribution in [0.25, 0.3) is 0 Å². The third-order valence-corrected chi connectivity index (χ3v) is 5.78. The zero-order chi connectivity index (χ0) is 28.6. The Morgan fingerprint density at radius 2 is 0.780 bits per heavy atom. The van der Waals surface area contributed by atoms with E-state index in [1.807, 2.05) is 85.8 Å². The molecule has 0 spiro atoms. The van der Waals surface area contributed by atoms with Crippen molar-refractivity contribution in [1.29, 1.82) is 0 Å². The predicted molar refractivity (Wildman–Crippen MR) is 158 cm³/mol. The Bertz CT molecular complexity index is 1030. The van der Waals surface area contributed by atoms with Crippen LogP contribution in [0.15, 0.2) is 78.9 Å². The molecule has 0 aliphatic carbocycles. The van der Waals surface area contributed by atoms with Crippen molar-refractivity contribution in [2.75, 3.05) is 79.3 Å². The second-order valence-corrected chi connectivity index (χ2v) is 9.17. The highest BCUT2D eigenvalue weighted by molar-refractivity contribution is 5.42. The number of rotatable bonds is 24. The van der Waals surface area contributed by atoms with E-state index < -0.39 is 0 Å². The summed E-state index contributed by atoms with van der Waals surface area (Å²) < 4.78 is 45.3. The highest BCUT2D eigenvalue weighted by Gasteiger charge is 2.06. The maximum absolute atomic E-state index is 5.91. The van der Waals surface area contributed by atoms with E-state index in [-0.39, 0.29) is 0 Å². The maximum Gasteiger partial charge on any atom is 0.161 e. The fraction of sp³-hybridized carbons (Fsp3) is 0.455. The van der Waals surface area contributed by atoms with Gasteiger partial charge in [-0.1, -0.05) is 66.7 Å². The van der Waals surface area contributed by atoms with Crippen LogP contribution >= 0.6 is 0 Å². The average Bonchev–Trinajstić information content (AvgIpc) is 3.00. The number of benzene rings is 3. The molecule has 8 heteroatoms. The van der Waals surface area contributed by atoms with Gasteiger partial charge in [0, 0.05) is 0 Å². The Morgan fingerprint density at radius 3 is 1.24 bits per heavy atom. The van der Waals surface area contributed by atoms with E-state index in [0.717, 1.165) is 16.7 Å². The van der Waals surface area contributed by atoms with Crippen LogP contribution in [0.3, 0.4) is 0 Å². The zero-order valence-electron chi connectivity index (χ0n) is 24.2. The molecule has 41 heavy (non-hydrogen) atoms. The van der Waals surface area contributed by atoms with Crippen LogP contribution < -0.4 is 9.47 Å². The second kappa shape index (κ2) is 21.7. The molecule has 0 fully saturated rings. The lowest BCUT2D eigenvalue weighted by Gasteiger charge is -2.14. The first-order chi connectivity index (χ1) is 20.3. The SMILES string of the molecule is Cc1ccc(OCCOCCOCCOCc2ccccc2)c(OCCOCCOCCOCc2ccccc2)c1. The molecule has 0 saturated carbocycles. The molecular weight excluding hydrogens is 524 g/mol. The molecule has 0 heterocycles. The molecule has 0 aliphatic rings. The Labute approximate surface area is 244 Å². The summed E-state index contributed by atoms with van der Waals surface area (Å²) in [5.74, 6) is 1.38. The van der Waals surface area contributed by atoms with Crippen molar-refractivity contribution in [3.63, 3.8) is 0 Å². The minimum atomic E-state index is 0.419. The largest absolute Gasteiger partial charge is 0.487 e. The summed E-state index contributed by atoms with van der Waals surface area (Å²) >= 11 is 0. The van der Waals surface area contributed by atoms with Gasteiger partial charge in [0.15, 0.2) is 11.5 Å². The quantitative estimate of drug-likeness (QED) is 0.136. The summed E-state index contributed by atoms with van der Waals surface area (Å²) in [6, 6.07) is 26.0. The van der Waals surface area contributed by atoms with E-state index in [1.54, 1.807) is 0 Å². The number of aryl methyl sites for hydroxylation is 1. The first kappa shape index (κ1) is 32.5. The predicted octanol–water partition coefficient (Wildman–Crippen LogP) is 5.25. The summed E-state index contributed by atoms with van der Waals surface area (Å²) in [6.45, 7) is 9.18. The molecule has 0 atom stereocenters. The van der Waals surface area contributed by atoms with Crippen LogP contribution in [-0.4, -0.2) is 79.3 Å². The molecule has 8 nitrogen and oxygen atoms in total. The fourth-order valence-corrected chi connectivity index (χ4v) is 3.68. The molecule has 224 valence electrons. The first-order valence-electron chi connectivity index (χ1n) is 14.2. The lowest BCUT2D eigenvalue weighted by Crippen LogP contribution is -2.14. The molecule has 0 N–H and O–H groups in total. The van der Waals surface area contributed by atoms with Gasteiger partial charge in [0.2, 0.25) is 0 Å². The minimum Gasteiger partial charge on any atom is -0.487 e. The number of hydrogen-bond acceptors (Lipinski definition) is 8. The van der Waals surface area contributed by atoms with Crippen molar-refractivity contribution in [2.45, 2.75) is 20.1 Å². The Hall–Kier alpha value is -2.98. The van der Waals surface area contributed by atoms with Crippen LogP contribution in [-0.2, 0) is 41.6 Å². The first-order valence-corrected chi connectivity index (χ1v) is 14.2. The van der Waals surface area contributed by atoms with Gasteiger partial charge in [0.05, 0.1) is 79.3 Å². The topological polar surface area (TPSA) is 73.8 Å². The summed E-state index contributed by atoms with van der Waals surface area (Å²) in [6.07, 6.45) is 0. The zero-order valence-corrected chi connectivity index (χ0v) is 24.2. The average molecular weight is 569 g/mol. The lowest BCUT2D eigenvalue weighted by atomic mass is 10.2. The highest BCUT2D eigenvalue weighted by atomic mass is 16.6. The van der Waals surface area contributed by atoms with Gasteiger partial charge in [-0.15, -0.1) is 0 Å². The van der Waals surface area contributed by atoms with Crippen LogP contribution in [0.1, 0.15) is 16.7 Å². The molecule has 0 amide bonds. The summed E-state index contributed by atoms with van der Waals surface area (Å²) in [7, 11) is 0. The smallest absolute Gasteiger partial charge is 0.161 e. The summed E-state index contributed by atoms with van der Waals surface area (Å²) in [5.41, 5.74) is 3.41. The van der Waals surface area contributed by atoms with E-state index in [0.29, 0.717) is 104 Å². The number of ether oxygens (including phenoxy) is 8. The van der Waals surface area contributed by atoms with Gasteiger partial charge in [0.25, 0.3) is 0 Å². The van der Waals surface area contributed by atoms with Gasteiger partial charge in [-0.05, 0) is 35.7 Å². The van der Waals surface area contributed by atoms with Gasteiger partial charge in [-0.3, -0.25) is 0 Å². The molecule has 3 aromatic carbocycles. The van der Waals surface area contributed by atoms with Crippen LogP contribution in [0.2, 0.25) is 0 Å². The molecular formula is C33H44O8. The van der Waals surface area contributed by atoms with Crippen molar-refractivity contribution in [3.05, 3.63) is 95.6 Å². The summed E-state index contributed by atoms with van der Waals surface area (Å²) in [4.78, 5) is 0. The monoisotopic (exact) mass is 568 g/mol. The van der Waals surface area contributed by atoms with Crippen LogP contribution in [0, 0.1) is 6.92 Å².